The van der Waals surface area contributed by atoms with Gasteiger partial charge in [-0.05, 0) is 62.2 Å². The quantitative estimate of drug-likeness (QED) is 0.419. The van der Waals surface area contributed by atoms with E-state index in [4.69, 9.17) is 0 Å². The number of aromatic nitrogens is 1. The van der Waals surface area contributed by atoms with Crippen LogP contribution in [0.2, 0.25) is 0 Å². The van der Waals surface area contributed by atoms with Crippen LogP contribution in [0, 0.1) is 0 Å². The number of benzene rings is 3. The highest BCUT2D eigenvalue weighted by Crippen LogP contribution is 2.46. The van der Waals surface area contributed by atoms with Gasteiger partial charge < -0.3 is 4.57 Å². The zero-order valence-electron chi connectivity index (χ0n) is 18.1. The zero-order valence-corrected chi connectivity index (χ0v) is 18.1. The van der Waals surface area contributed by atoms with Crippen molar-refractivity contribution in [1.29, 1.82) is 0 Å². The molecule has 1 saturated heterocycles. The van der Waals surface area contributed by atoms with E-state index in [2.05, 4.69) is 71.0 Å². The maximum atomic E-state index is 12.6. The summed E-state index contributed by atoms with van der Waals surface area (Å²) < 4.78 is 2.41. The van der Waals surface area contributed by atoms with Gasteiger partial charge in [-0.2, -0.15) is 0 Å². The number of aryl methyl sites for hydroxylation is 1. The van der Waals surface area contributed by atoms with Crippen molar-refractivity contribution in [2.45, 2.75) is 44.7 Å². The van der Waals surface area contributed by atoms with Crippen LogP contribution in [-0.2, 0) is 18.5 Å². The van der Waals surface area contributed by atoms with Crippen molar-refractivity contribution in [3.05, 3.63) is 83.4 Å². The molecule has 0 atom stereocenters. The molecular formula is C28H28N2O. The number of nitrogens with zero attached hydrogens (tertiary/aromatic N) is 2. The summed E-state index contributed by atoms with van der Waals surface area (Å²) in [6.45, 7) is 6.28. The highest BCUT2D eigenvalue weighted by Gasteiger charge is 2.44. The molecule has 6 rings (SSSR count). The van der Waals surface area contributed by atoms with E-state index in [1.54, 1.807) is 0 Å². The smallest absolute Gasteiger partial charge is 0.164 e. The number of para-hydroxylation sites is 1. The van der Waals surface area contributed by atoms with Crippen molar-refractivity contribution < 1.29 is 4.79 Å². The Labute approximate surface area is 183 Å². The third kappa shape index (κ3) is 2.87. The first-order valence-corrected chi connectivity index (χ1v) is 11.5. The van der Waals surface area contributed by atoms with E-state index in [1.807, 2.05) is 12.1 Å². The number of fused-ring (bicyclic) bond motifs is 5. The third-order valence-corrected chi connectivity index (χ3v) is 7.67. The summed E-state index contributed by atoms with van der Waals surface area (Å²) in [5.74, 6) is 0.335. The van der Waals surface area contributed by atoms with Crippen molar-refractivity contribution >= 4 is 27.6 Å². The molecule has 2 aliphatic rings. The Hall–Kier alpha value is -2.91. The maximum absolute atomic E-state index is 12.6. The van der Waals surface area contributed by atoms with E-state index in [-0.39, 0.29) is 5.41 Å². The standard InChI is InChI=1S/C28H28N2O/c1-2-30-25-10-6-4-7-21(25)23-17-20(11-12-26(23)30)19-29-15-13-28(14-16-29)18-27(31)22-8-3-5-9-24(22)28/h3-12,17H,2,13-16,18-19H2,1H3. The minimum Gasteiger partial charge on any atom is -0.341 e. The molecule has 0 radical (unpaired) electrons. The van der Waals surface area contributed by atoms with Gasteiger partial charge in [0.2, 0.25) is 0 Å². The summed E-state index contributed by atoms with van der Waals surface area (Å²) in [5.41, 5.74) is 6.36. The predicted octanol–water partition coefficient (Wildman–Crippen LogP) is 5.93. The SMILES string of the molecule is CCn1c2ccccc2c2cc(CN3CCC4(CC3)CC(=O)c3ccccc34)ccc21. The topological polar surface area (TPSA) is 25.2 Å². The first-order valence-electron chi connectivity index (χ1n) is 11.5. The molecule has 0 unspecified atom stereocenters. The number of likely N-dealkylation sites (tertiary alicyclic amines) is 1. The van der Waals surface area contributed by atoms with Gasteiger partial charge in [0.1, 0.15) is 0 Å². The maximum Gasteiger partial charge on any atom is 0.164 e. The van der Waals surface area contributed by atoms with Gasteiger partial charge in [-0.15, -0.1) is 0 Å². The van der Waals surface area contributed by atoms with Crippen LogP contribution in [0.25, 0.3) is 21.8 Å². The lowest BCUT2D eigenvalue weighted by Crippen LogP contribution is -2.41. The van der Waals surface area contributed by atoms with E-state index in [0.29, 0.717) is 12.2 Å². The van der Waals surface area contributed by atoms with Gasteiger partial charge in [-0.3, -0.25) is 9.69 Å². The second-order valence-electron chi connectivity index (χ2n) is 9.31. The lowest BCUT2D eigenvalue weighted by atomic mass is 9.74. The molecule has 156 valence electrons. The number of carbonyl (C=O) groups is 1. The summed E-state index contributed by atoms with van der Waals surface area (Å²) in [4.78, 5) is 15.1. The lowest BCUT2D eigenvalue weighted by Gasteiger charge is -2.39. The van der Waals surface area contributed by atoms with Gasteiger partial charge >= 0.3 is 0 Å². The van der Waals surface area contributed by atoms with Gasteiger partial charge in [0.25, 0.3) is 0 Å². The molecular weight excluding hydrogens is 380 g/mol. The third-order valence-electron chi connectivity index (χ3n) is 7.67. The van der Waals surface area contributed by atoms with E-state index in [0.717, 1.165) is 44.6 Å². The Bertz CT molecular complexity index is 1310. The van der Waals surface area contributed by atoms with E-state index in [9.17, 15) is 4.79 Å². The fourth-order valence-electron chi connectivity index (χ4n) is 6.07. The number of hydrogen-bond acceptors (Lipinski definition) is 2. The van der Waals surface area contributed by atoms with Gasteiger partial charge in [0, 0.05) is 52.3 Å². The van der Waals surface area contributed by atoms with Crippen LogP contribution in [0.3, 0.4) is 0 Å². The Morgan fingerprint density at radius 3 is 2.45 bits per heavy atom. The van der Waals surface area contributed by atoms with Crippen LogP contribution in [-0.4, -0.2) is 28.3 Å². The van der Waals surface area contributed by atoms with Crippen LogP contribution in [0.4, 0.5) is 0 Å². The second-order valence-corrected chi connectivity index (χ2v) is 9.31. The number of carbonyl (C=O) groups excluding carboxylic acids is 1. The predicted molar refractivity (Wildman–Crippen MR) is 127 cm³/mol. The van der Waals surface area contributed by atoms with Crippen LogP contribution in [0.1, 0.15) is 47.7 Å². The fraction of sp³-hybridized carbons (Fsp3) is 0.321. The number of Topliss-reactive ketones (excluding diaryl/α,β-unsaturated/α-hetero) is 1. The molecule has 4 aromatic rings. The largest absolute Gasteiger partial charge is 0.341 e. The van der Waals surface area contributed by atoms with Gasteiger partial charge in [0.05, 0.1) is 0 Å². The molecule has 3 heteroatoms. The first kappa shape index (κ1) is 18.8. The normalized spacial score (nSPS) is 18.3. The average Bonchev–Trinajstić information content (AvgIpc) is 3.27. The molecule has 0 N–H and O–H groups in total. The summed E-state index contributed by atoms with van der Waals surface area (Å²) in [7, 11) is 0. The van der Waals surface area contributed by atoms with Gasteiger partial charge in [0.15, 0.2) is 5.78 Å². The molecule has 0 amide bonds. The van der Waals surface area contributed by atoms with Crippen LogP contribution in [0.5, 0.6) is 0 Å². The number of piperidine rings is 1. The molecule has 1 spiro atoms. The second kappa shape index (κ2) is 7.06. The minimum absolute atomic E-state index is 0.0721. The van der Waals surface area contributed by atoms with Crippen molar-refractivity contribution in [2.24, 2.45) is 0 Å². The Kier molecular flexibility index (Phi) is 4.29. The number of hydrogen-bond donors (Lipinski definition) is 0. The van der Waals surface area contributed by atoms with Crippen molar-refractivity contribution in [1.82, 2.24) is 9.47 Å². The molecule has 1 aliphatic carbocycles. The van der Waals surface area contributed by atoms with Gasteiger partial charge in [-0.1, -0.05) is 48.5 Å². The number of ketones is 1. The first-order chi connectivity index (χ1) is 15.2. The zero-order chi connectivity index (χ0) is 21.0. The van der Waals surface area contributed by atoms with E-state index < -0.39 is 0 Å². The monoisotopic (exact) mass is 408 g/mol. The van der Waals surface area contributed by atoms with E-state index >= 15 is 0 Å². The highest BCUT2D eigenvalue weighted by molar-refractivity contribution is 6.08. The summed E-state index contributed by atoms with van der Waals surface area (Å²) in [5, 5.41) is 2.71. The molecule has 0 saturated carbocycles. The molecule has 1 aromatic heterocycles. The van der Waals surface area contributed by atoms with Crippen LogP contribution >= 0.6 is 0 Å². The molecule has 31 heavy (non-hydrogen) atoms. The Morgan fingerprint density at radius 1 is 0.871 bits per heavy atom. The minimum atomic E-state index is 0.0721. The lowest BCUT2D eigenvalue weighted by molar-refractivity contribution is 0.0931. The fourth-order valence-corrected chi connectivity index (χ4v) is 6.07. The molecule has 3 nitrogen and oxygen atoms in total. The Morgan fingerprint density at radius 2 is 1.61 bits per heavy atom. The Balaban J connectivity index is 1.25. The highest BCUT2D eigenvalue weighted by atomic mass is 16.1. The van der Waals surface area contributed by atoms with Gasteiger partial charge in [-0.25, -0.2) is 0 Å². The van der Waals surface area contributed by atoms with Crippen LogP contribution < -0.4 is 0 Å². The summed E-state index contributed by atoms with van der Waals surface area (Å²) >= 11 is 0. The molecule has 2 heterocycles. The molecule has 1 aliphatic heterocycles. The summed E-state index contributed by atoms with van der Waals surface area (Å²) in [6, 6.07) is 24.0. The molecule has 0 bridgehead atoms. The van der Waals surface area contributed by atoms with Crippen molar-refractivity contribution in [3.8, 4) is 0 Å². The van der Waals surface area contributed by atoms with E-state index in [1.165, 1.54) is 32.9 Å². The average molecular weight is 409 g/mol. The summed E-state index contributed by atoms with van der Waals surface area (Å²) in [6.07, 6.45) is 2.85. The van der Waals surface area contributed by atoms with Crippen molar-refractivity contribution in [2.75, 3.05) is 13.1 Å². The van der Waals surface area contributed by atoms with Crippen molar-refractivity contribution in [3.63, 3.8) is 0 Å². The molecule has 1 fully saturated rings. The number of rotatable bonds is 3. The molecule has 3 aromatic carbocycles. The van der Waals surface area contributed by atoms with Crippen LogP contribution in [0.15, 0.2) is 66.7 Å².